The van der Waals surface area contributed by atoms with Gasteiger partial charge in [0, 0.05) is 22.4 Å². The number of aromatic nitrogens is 2. The van der Waals surface area contributed by atoms with Crippen molar-refractivity contribution in [3.05, 3.63) is 96.4 Å². The molecule has 4 rings (SSSR count). The summed E-state index contributed by atoms with van der Waals surface area (Å²) in [6.07, 6.45) is 1.72. The molecule has 0 spiro atoms. The maximum Gasteiger partial charge on any atom is 0.255 e. The lowest BCUT2D eigenvalue weighted by molar-refractivity contribution is 0.102. The molecular formula is C22H16FN3O. The Morgan fingerprint density at radius 1 is 0.889 bits per heavy atom. The van der Waals surface area contributed by atoms with Crippen LogP contribution in [0.3, 0.4) is 0 Å². The van der Waals surface area contributed by atoms with Gasteiger partial charge in [0.1, 0.15) is 11.6 Å². The van der Waals surface area contributed by atoms with Crippen LogP contribution in [0.5, 0.6) is 0 Å². The second kappa shape index (κ2) is 7.25. The summed E-state index contributed by atoms with van der Waals surface area (Å²) in [5, 5.41) is 2.90. The molecule has 0 saturated carbocycles. The molecule has 2 N–H and O–H groups in total. The average Bonchev–Trinajstić information content (AvgIpc) is 3.20. The highest BCUT2D eigenvalue weighted by atomic mass is 19.1. The molecule has 0 fully saturated rings. The van der Waals surface area contributed by atoms with Crippen molar-refractivity contribution < 1.29 is 9.18 Å². The van der Waals surface area contributed by atoms with Crippen LogP contribution < -0.4 is 5.32 Å². The van der Waals surface area contributed by atoms with Gasteiger partial charge in [-0.1, -0.05) is 30.3 Å². The van der Waals surface area contributed by atoms with E-state index in [0.717, 1.165) is 16.8 Å². The summed E-state index contributed by atoms with van der Waals surface area (Å²) in [6, 6.07) is 22.7. The Morgan fingerprint density at radius 3 is 2.44 bits per heavy atom. The van der Waals surface area contributed by atoms with Crippen LogP contribution in [0, 0.1) is 5.82 Å². The van der Waals surface area contributed by atoms with Crippen LogP contribution in [0.1, 0.15) is 10.4 Å². The Balaban J connectivity index is 1.56. The fourth-order valence-corrected chi connectivity index (χ4v) is 2.78. The fourth-order valence-electron chi connectivity index (χ4n) is 2.78. The molecule has 4 aromatic rings. The van der Waals surface area contributed by atoms with Crippen LogP contribution in [0.4, 0.5) is 10.1 Å². The molecule has 0 atom stereocenters. The van der Waals surface area contributed by atoms with Gasteiger partial charge in [0.05, 0.1) is 11.9 Å². The molecule has 0 aliphatic carbocycles. The number of hydrogen-bond acceptors (Lipinski definition) is 2. The number of nitrogens with zero attached hydrogens (tertiary/aromatic N) is 1. The second-order valence-electron chi connectivity index (χ2n) is 6.05. The van der Waals surface area contributed by atoms with Crippen LogP contribution in [-0.4, -0.2) is 15.9 Å². The molecule has 1 amide bonds. The smallest absolute Gasteiger partial charge is 0.255 e. The van der Waals surface area contributed by atoms with E-state index in [1.54, 1.807) is 30.5 Å². The first-order valence-electron chi connectivity index (χ1n) is 8.47. The van der Waals surface area contributed by atoms with Crippen molar-refractivity contribution in [2.45, 2.75) is 0 Å². The molecular weight excluding hydrogens is 341 g/mol. The molecule has 0 bridgehead atoms. The van der Waals surface area contributed by atoms with Crippen LogP contribution in [0.25, 0.3) is 22.6 Å². The van der Waals surface area contributed by atoms with E-state index >= 15 is 0 Å². The summed E-state index contributed by atoms with van der Waals surface area (Å²) in [6.45, 7) is 0. The van der Waals surface area contributed by atoms with E-state index in [-0.39, 0.29) is 11.7 Å². The van der Waals surface area contributed by atoms with E-state index < -0.39 is 0 Å². The van der Waals surface area contributed by atoms with Crippen molar-refractivity contribution in [2.75, 3.05) is 5.32 Å². The number of aromatic amines is 1. The molecule has 0 saturated heterocycles. The van der Waals surface area contributed by atoms with E-state index in [1.807, 2.05) is 42.5 Å². The number of nitrogens with one attached hydrogen (secondary N) is 2. The lowest BCUT2D eigenvalue weighted by Crippen LogP contribution is -2.11. The molecule has 0 aliphatic heterocycles. The molecule has 0 aliphatic rings. The summed E-state index contributed by atoms with van der Waals surface area (Å²) in [4.78, 5) is 19.9. The number of carbonyl (C=O) groups excluding carboxylic acids is 1. The zero-order valence-electron chi connectivity index (χ0n) is 14.3. The standard InChI is InChI=1S/C22H16FN3O/c23-18-11-9-15(10-12-18)21-24-14-20(26-21)17-7-4-8-19(13-17)25-22(27)16-5-2-1-3-6-16/h1-14H,(H,24,26)(H,25,27). The summed E-state index contributed by atoms with van der Waals surface area (Å²) in [7, 11) is 0. The van der Waals surface area contributed by atoms with Crippen molar-refractivity contribution in [3.63, 3.8) is 0 Å². The Kier molecular flexibility index (Phi) is 4.49. The Labute approximate surface area is 155 Å². The number of amides is 1. The van der Waals surface area contributed by atoms with Crippen molar-refractivity contribution in [3.8, 4) is 22.6 Å². The predicted molar refractivity (Wildman–Crippen MR) is 104 cm³/mol. The fraction of sp³-hybridized carbons (Fsp3) is 0. The van der Waals surface area contributed by atoms with Gasteiger partial charge >= 0.3 is 0 Å². The Bertz CT molecular complexity index is 1070. The van der Waals surface area contributed by atoms with Crippen LogP contribution in [0.2, 0.25) is 0 Å². The third-order valence-electron chi connectivity index (χ3n) is 4.16. The molecule has 3 aromatic carbocycles. The van der Waals surface area contributed by atoms with Crippen LogP contribution in [0.15, 0.2) is 85.1 Å². The SMILES string of the molecule is O=C(Nc1cccc(-c2cnc(-c3ccc(F)cc3)[nH]2)c1)c1ccccc1. The zero-order valence-corrected chi connectivity index (χ0v) is 14.3. The number of H-pyrrole nitrogens is 1. The number of carbonyl (C=O) groups is 1. The van der Waals surface area contributed by atoms with E-state index in [9.17, 15) is 9.18 Å². The molecule has 5 heteroatoms. The highest BCUT2D eigenvalue weighted by Crippen LogP contribution is 2.24. The zero-order chi connectivity index (χ0) is 18.6. The van der Waals surface area contributed by atoms with E-state index in [2.05, 4.69) is 15.3 Å². The van der Waals surface area contributed by atoms with Gasteiger partial charge in [-0.2, -0.15) is 0 Å². The number of hydrogen-bond donors (Lipinski definition) is 2. The van der Waals surface area contributed by atoms with Gasteiger partial charge < -0.3 is 10.3 Å². The van der Waals surface area contributed by atoms with Crippen LogP contribution in [-0.2, 0) is 0 Å². The number of benzene rings is 3. The third kappa shape index (κ3) is 3.77. The van der Waals surface area contributed by atoms with Crippen molar-refractivity contribution >= 4 is 11.6 Å². The normalized spacial score (nSPS) is 10.6. The van der Waals surface area contributed by atoms with Gasteiger partial charge in [-0.05, 0) is 48.5 Å². The summed E-state index contributed by atoms with van der Waals surface area (Å²) in [5.41, 5.74) is 3.80. The first kappa shape index (κ1) is 16.7. The lowest BCUT2D eigenvalue weighted by atomic mass is 10.1. The number of rotatable bonds is 4. The summed E-state index contributed by atoms with van der Waals surface area (Å²) >= 11 is 0. The Hall–Kier alpha value is -3.73. The van der Waals surface area contributed by atoms with E-state index in [0.29, 0.717) is 17.1 Å². The molecule has 1 aromatic heterocycles. The maximum atomic E-state index is 13.1. The summed E-state index contributed by atoms with van der Waals surface area (Å²) in [5.74, 6) is 0.209. The van der Waals surface area contributed by atoms with Gasteiger partial charge in [-0.15, -0.1) is 0 Å². The number of imidazole rings is 1. The average molecular weight is 357 g/mol. The van der Waals surface area contributed by atoms with E-state index in [1.165, 1.54) is 12.1 Å². The minimum Gasteiger partial charge on any atom is -0.338 e. The highest BCUT2D eigenvalue weighted by Gasteiger charge is 2.09. The van der Waals surface area contributed by atoms with Crippen molar-refractivity contribution in [1.29, 1.82) is 0 Å². The van der Waals surface area contributed by atoms with Crippen LogP contribution >= 0.6 is 0 Å². The van der Waals surface area contributed by atoms with Crippen molar-refractivity contribution in [2.24, 2.45) is 0 Å². The van der Waals surface area contributed by atoms with E-state index in [4.69, 9.17) is 0 Å². The van der Waals surface area contributed by atoms with Gasteiger partial charge in [-0.3, -0.25) is 4.79 Å². The van der Waals surface area contributed by atoms with Gasteiger partial charge in [0.2, 0.25) is 0 Å². The van der Waals surface area contributed by atoms with Crippen molar-refractivity contribution in [1.82, 2.24) is 9.97 Å². The number of anilines is 1. The molecule has 0 unspecified atom stereocenters. The molecule has 0 radical (unpaired) electrons. The Morgan fingerprint density at radius 2 is 1.67 bits per heavy atom. The first-order valence-corrected chi connectivity index (χ1v) is 8.47. The first-order chi connectivity index (χ1) is 13.2. The lowest BCUT2D eigenvalue weighted by Gasteiger charge is -2.07. The predicted octanol–water partition coefficient (Wildman–Crippen LogP) is 5.14. The van der Waals surface area contributed by atoms with Gasteiger partial charge in [-0.25, -0.2) is 9.37 Å². The second-order valence-corrected chi connectivity index (χ2v) is 6.05. The third-order valence-corrected chi connectivity index (χ3v) is 4.16. The summed E-state index contributed by atoms with van der Waals surface area (Å²) < 4.78 is 13.1. The van der Waals surface area contributed by atoms with Gasteiger partial charge in [0.15, 0.2) is 0 Å². The molecule has 4 nitrogen and oxygen atoms in total. The van der Waals surface area contributed by atoms with Gasteiger partial charge in [0.25, 0.3) is 5.91 Å². The molecule has 1 heterocycles. The molecule has 27 heavy (non-hydrogen) atoms. The topological polar surface area (TPSA) is 57.8 Å². The largest absolute Gasteiger partial charge is 0.338 e. The maximum absolute atomic E-state index is 13.1. The quantitative estimate of drug-likeness (QED) is 0.532. The molecule has 132 valence electrons. The minimum absolute atomic E-state index is 0.163. The monoisotopic (exact) mass is 357 g/mol. The highest BCUT2D eigenvalue weighted by molar-refractivity contribution is 6.04. The number of halogens is 1. The minimum atomic E-state index is -0.285.